The summed E-state index contributed by atoms with van der Waals surface area (Å²) in [7, 11) is 0. The number of aliphatic hydroxyl groups excluding tert-OH is 1. The van der Waals surface area contributed by atoms with Crippen LogP contribution in [0.25, 0.3) is 0 Å². The number of likely N-dealkylation sites (tertiary alicyclic amines) is 1. The summed E-state index contributed by atoms with van der Waals surface area (Å²) in [5.74, 6) is 2.85. The Bertz CT molecular complexity index is 909. The van der Waals surface area contributed by atoms with Gasteiger partial charge in [-0.25, -0.2) is 4.98 Å². The summed E-state index contributed by atoms with van der Waals surface area (Å²) >= 11 is 16.0. The van der Waals surface area contributed by atoms with Gasteiger partial charge >= 0.3 is 0 Å². The first kappa shape index (κ1) is 23.1. The highest BCUT2D eigenvalue weighted by Gasteiger charge is 2.37. The van der Waals surface area contributed by atoms with Crippen LogP contribution in [0.4, 0.5) is 11.8 Å². The molecule has 4 rings (SSSR count). The Kier molecular flexibility index (Phi) is 7.60. The fourth-order valence-corrected chi connectivity index (χ4v) is 5.42. The quantitative estimate of drug-likeness (QED) is 0.535. The fraction of sp³-hybridized carbons (Fsp3) is 0.545. The summed E-state index contributed by atoms with van der Waals surface area (Å²) < 4.78 is 0.817. The third-order valence-electron chi connectivity index (χ3n) is 6.33. The number of hydrogen-bond donors (Lipinski definition) is 2. The van der Waals surface area contributed by atoms with Gasteiger partial charge in [-0.05, 0) is 71.8 Å². The molecule has 0 radical (unpaired) electrons. The number of nitrogens with zero attached hydrogens (tertiary/aromatic N) is 4. The number of rotatable bonds is 7. The van der Waals surface area contributed by atoms with Crippen LogP contribution in [0.1, 0.15) is 31.4 Å². The molecule has 2 atom stereocenters. The van der Waals surface area contributed by atoms with E-state index in [1.54, 1.807) is 12.3 Å². The zero-order valence-corrected chi connectivity index (χ0v) is 20.7. The number of aliphatic hydroxyl groups is 1. The fourth-order valence-electron chi connectivity index (χ4n) is 4.54. The monoisotopic (exact) mass is 527 g/mol. The third kappa shape index (κ3) is 5.45. The second-order valence-electron chi connectivity index (χ2n) is 8.49. The molecular weight excluding hydrogens is 501 g/mol. The summed E-state index contributed by atoms with van der Waals surface area (Å²) in [6.07, 6.45) is 4.29. The first-order valence-electron chi connectivity index (χ1n) is 10.8. The van der Waals surface area contributed by atoms with Gasteiger partial charge in [-0.1, -0.05) is 29.3 Å². The van der Waals surface area contributed by atoms with Crippen molar-refractivity contribution >= 4 is 50.9 Å². The number of piperidine rings is 1. The predicted octanol–water partition coefficient (Wildman–Crippen LogP) is 4.86. The molecule has 0 aliphatic carbocycles. The van der Waals surface area contributed by atoms with Crippen LogP contribution in [0.3, 0.4) is 0 Å². The molecule has 0 saturated carbocycles. The molecule has 2 N–H and O–H groups in total. The van der Waals surface area contributed by atoms with E-state index in [9.17, 15) is 5.11 Å². The molecule has 1 aromatic carbocycles. The van der Waals surface area contributed by atoms with Crippen molar-refractivity contribution in [2.24, 2.45) is 11.8 Å². The molecule has 6 nitrogen and oxygen atoms in total. The lowest BCUT2D eigenvalue weighted by atomic mass is 9.81. The molecule has 2 aliphatic heterocycles. The van der Waals surface area contributed by atoms with Crippen molar-refractivity contribution in [3.63, 3.8) is 0 Å². The topological polar surface area (TPSA) is 64.5 Å². The predicted molar refractivity (Wildman–Crippen MR) is 130 cm³/mol. The average molecular weight is 529 g/mol. The second kappa shape index (κ2) is 10.2. The zero-order chi connectivity index (χ0) is 22.0. The van der Waals surface area contributed by atoms with Crippen molar-refractivity contribution in [1.29, 1.82) is 0 Å². The SMILES string of the molecule is C[C@@H](Nc1nc(N2CC(C3CCCN(CCO)C3)C2)ncc1Br)c1ccc(Cl)cc1Cl. The number of hydrogen-bond acceptors (Lipinski definition) is 6. The molecule has 2 fully saturated rings. The van der Waals surface area contributed by atoms with E-state index in [4.69, 9.17) is 28.2 Å². The van der Waals surface area contributed by atoms with E-state index in [0.29, 0.717) is 21.9 Å². The van der Waals surface area contributed by atoms with Crippen LogP contribution in [0.2, 0.25) is 10.0 Å². The maximum Gasteiger partial charge on any atom is 0.227 e. The van der Waals surface area contributed by atoms with Gasteiger partial charge in [-0.15, -0.1) is 0 Å². The normalized spacial score (nSPS) is 21.1. The minimum atomic E-state index is -0.0345. The van der Waals surface area contributed by atoms with Crippen LogP contribution in [-0.4, -0.2) is 59.3 Å². The molecule has 9 heteroatoms. The highest BCUT2D eigenvalue weighted by atomic mass is 79.9. The van der Waals surface area contributed by atoms with E-state index < -0.39 is 0 Å². The van der Waals surface area contributed by atoms with Crippen LogP contribution in [-0.2, 0) is 0 Å². The van der Waals surface area contributed by atoms with Crippen LogP contribution >= 0.6 is 39.1 Å². The van der Waals surface area contributed by atoms with Gasteiger partial charge in [0.05, 0.1) is 17.1 Å². The molecule has 2 aliphatic rings. The molecule has 1 unspecified atom stereocenters. The lowest BCUT2D eigenvalue weighted by Crippen LogP contribution is -2.54. The second-order valence-corrected chi connectivity index (χ2v) is 10.2. The average Bonchev–Trinajstić information content (AvgIpc) is 2.70. The van der Waals surface area contributed by atoms with Crippen LogP contribution < -0.4 is 10.2 Å². The van der Waals surface area contributed by atoms with Gasteiger partial charge in [-0.3, -0.25) is 0 Å². The lowest BCUT2D eigenvalue weighted by molar-refractivity contribution is 0.101. The van der Waals surface area contributed by atoms with Crippen molar-refractivity contribution in [1.82, 2.24) is 14.9 Å². The van der Waals surface area contributed by atoms with Gasteiger partial charge in [-0.2, -0.15) is 4.98 Å². The van der Waals surface area contributed by atoms with Gasteiger partial charge in [0.15, 0.2) is 0 Å². The first-order chi connectivity index (χ1) is 14.9. The number of aromatic nitrogens is 2. The number of β-amino-alcohol motifs (C(OH)–C–C–N with tert-alkyl or cyclic N) is 1. The number of nitrogens with one attached hydrogen (secondary N) is 1. The van der Waals surface area contributed by atoms with Crippen molar-refractivity contribution in [3.8, 4) is 0 Å². The molecule has 168 valence electrons. The lowest BCUT2D eigenvalue weighted by Gasteiger charge is -2.46. The molecular formula is C22H28BrCl2N5O. The summed E-state index contributed by atoms with van der Waals surface area (Å²) in [6.45, 7) is 7.23. The van der Waals surface area contributed by atoms with Crippen molar-refractivity contribution < 1.29 is 5.11 Å². The van der Waals surface area contributed by atoms with E-state index in [-0.39, 0.29) is 12.6 Å². The van der Waals surface area contributed by atoms with E-state index in [1.807, 2.05) is 19.1 Å². The first-order valence-corrected chi connectivity index (χ1v) is 12.3. The van der Waals surface area contributed by atoms with Crippen molar-refractivity contribution in [2.45, 2.75) is 25.8 Å². The maximum absolute atomic E-state index is 9.23. The summed E-state index contributed by atoms with van der Waals surface area (Å²) in [6, 6.07) is 5.49. The van der Waals surface area contributed by atoms with Crippen molar-refractivity contribution in [2.75, 3.05) is 49.5 Å². The Morgan fingerprint density at radius 2 is 2.06 bits per heavy atom. The van der Waals surface area contributed by atoms with Crippen LogP contribution in [0.15, 0.2) is 28.9 Å². The highest BCUT2D eigenvalue weighted by Crippen LogP contribution is 2.35. The van der Waals surface area contributed by atoms with E-state index in [1.165, 1.54) is 12.8 Å². The standard InChI is InChI=1S/C22H28BrCl2N5O/c1-14(18-5-4-17(24)9-20(18)25)27-21-19(23)10-26-22(28-21)30-12-16(13-30)15-3-2-6-29(11-15)7-8-31/h4-5,9-10,14-16,31H,2-3,6-8,11-13H2,1H3,(H,26,27,28)/t14-,15?/m1/s1. The Labute approximate surface area is 202 Å². The smallest absolute Gasteiger partial charge is 0.227 e. The van der Waals surface area contributed by atoms with Gasteiger partial charge < -0.3 is 20.2 Å². The van der Waals surface area contributed by atoms with E-state index in [0.717, 1.165) is 54.5 Å². The summed E-state index contributed by atoms with van der Waals surface area (Å²) in [4.78, 5) is 13.9. The largest absolute Gasteiger partial charge is 0.395 e. The minimum Gasteiger partial charge on any atom is -0.395 e. The Morgan fingerprint density at radius 3 is 2.81 bits per heavy atom. The van der Waals surface area contributed by atoms with Gasteiger partial charge in [0, 0.05) is 42.4 Å². The number of halogens is 3. The van der Waals surface area contributed by atoms with Gasteiger partial charge in [0.2, 0.25) is 5.95 Å². The molecule has 0 spiro atoms. The van der Waals surface area contributed by atoms with Gasteiger partial charge in [0.1, 0.15) is 5.82 Å². The molecule has 2 aromatic rings. The summed E-state index contributed by atoms with van der Waals surface area (Å²) in [5, 5.41) is 13.9. The minimum absolute atomic E-state index is 0.0345. The number of benzene rings is 1. The zero-order valence-electron chi connectivity index (χ0n) is 17.6. The Hall–Kier alpha value is -1.12. The number of anilines is 2. The van der Waals surface area contributed by atoms with Crippen LogP contribution in [0, 0.1) is 11.8 Å². The third-order valence-corrected chi connectivity index (χ3v) is 7.47. The Balaban J connectivity index is 1.38. The molecule has 31 heavy (non-hydrogen) atoms. The molecule has 3 heterocycles. The maximum atomic E-state index is 9.23. The molecule has 0 bridgehead atoms. The Morgan fingerprint density at radius 1 is 1.26 bits per heavy atom. The van der Waals surface area contributed by atoms with Crippen molar-refractivity contribution in [3.05, 3.63) is 44.5 Å². The summed E-state index contributed by atoms with van der Waals surface area (Å²) in [5.41, 5.74) is 0.965. The molecule has 1 aromatic heterocycles. The highest BCUT2D eigenvalue weighted by molar-refractivity contribution is 9.10. The van der Waals surface area contributed by atoms with Gasteiger partial charge in [0.25, 0.3) is 0 Å². The molecule has 2 saturated heterocycles. The molecule has 0 amide bonds. The van der Waals surface area contributed by atoms with E-state index >= 15 is 0 Å². The van der Waals surface area contributed by atoms with E-state index in [2.05, 4.69) is 36.0 Å². The van der Waals surface area contributed by atoms with Crippen LogP contribution in [0.5, 0.6) is 0 Å².